The lowest BCUT2D eigenvalue weighted by atomic mass is 9.60. The highest BCUT2D eigenvalue weighted by atomic mass is 19.0. The summed E-state index contributed by atoms with van der Waals surface area (Å²) in [4.78, 5) is 0. The van der Waals surface area contributed by atoms with Crippen LogP contribution in [-0.2, 0) is 0 Å². The molecule has 0 heterocycles. The Hall–Kier alpha value is -1.75. The Morgan fingerprint density at radius 3 is 1.21 bits per heavy atom. The molecule has 3 nitrogen and oxygen atoms in total. The van der Waals surface area contributed by atoms with E-state index in [1.54, 1.807) is 16.7 Å². The van der Waals surface area contributed by atoms with Crippen molar-refractivity contribution in [3.05, 3.63) is 70.9 Å². The van der Waals surface area contributed by atoms with Crippen molar-refractivity contribution in [2.75, 3.05) is 26.2 Å². The summed E-state index contributed by atoms with van der Waals surface area (Å²) in [6.45, 7) is 47.6. The van der Waals surface area contributed by atoms with E-state index >= 15 is 0 Å². The Morgan fingerprint density at radius 2 is 0.868 bits per heavy atom. The monoisotopic (exact) mass is 1060 g/mol. The maximum atomic E-state index is 10.1. The number of unbranched alkanes of at least 4 members (excludes halogenated alkanes) is 4. The maximum Gasteiger partial charge on any atom is 0.0809 e. The van der Waals surface area contributed by atoms with E-state index in [0.29, 0.717) is 41.1 Å². The zero-order valence-corrected chi connectivity index (χ0v) is 53.0. The zero-order chi connectivity index (χ0) is 55.3. The quantitative estimate of drug-likeness (QED) is 0.0747. The fourth-order valence-corrected chi connectivity index (χ4v) is 16.6. The molecule has 4 heteroatoms. The fourth-order valence-electron chi connectivity index (χ4n) is 16.6. The van der Waals surface area contributed by atoms with Gasteiger partial charge in [0.15, 0.2) is 0 Å². The molecule has 12 atom stereocenters. The van der Waals surface area contributed by atoms with Gasteiger partial charge in [-0.1, -0.05) is 226 Å². The highest BCUT2D eigenvalue weighted by molar-refractivity contribution is 5.31. The van der Waals surface area contributed by atoms with Crippen LogP contribution in [0.4, 0.5) is 0 Å². The second-order valence-electron chi connectivity index (χ2n) is 28.4. The summed E-state index contributed by atoms with van der Waals surface area (Å²) in [5, 5.41) is 20.3. The molecule has 440 valence electrons. The molecule has 0 aromatic carbocycles. The van der Waals surface area contributed by atoms with Crippen molar-refractivity contribution in [2.45, 2.75) is 289 Å². The van der Waals surface area contributed by atoms with Gasteiger partial charge in [-0.05, 0) is 191 Å². The number of hydrogen-bond acceptors (Lipinski definition) is 2. The fraction of sp³-hybridized carbons (Fsp3) is 0.833. The minimum Gasteiger partial charge on any atom is -1.00 e. The summed E-state index contributed by atoms with van der Waals surface area (Å²) in [5.74, 6) is 8.08. The van der Waals surface area contributed by atoms with Crippen molar-refractivity contribution >= 4 is 0 Å². The van der Waals surface area contributed by atoms with E-state index in [9.17, 15) is 10.2 Å². The Balaban J connectivity index is 0.000000310. The average Bonchev–Trinajstić information content (AvgIpc) is 3.92. The normalized spacial score (nSPS) is 31.6. The Morgan fingerprint density at radius 1 is 0.513 bits per heavy atom. The molecule has 76 heavy (non-hydrogen) atoms. The number of allylic oxidation sites excluding steroid dienone is 8. The number of quaternary nitrogens is 1. The predicted octanol–water partition coefficient (Wildman–Crippen LogP) is 17.7. The first-order valence-corrected chi connectivity index (χ1v) is 33.0. The number of aliphatic hydroxyl groups excluding tert-OH is 2. The third kappa shape index (κ3) is 19.8. The van der Waals surface area contributed by atoms with Crippen LogP contribution in [0.25, 0.3) is 0 Å². The second-order valence-corrected chi connectivity index (χ2v) is 28.4. The van der Waals surface area contributed by atoms with E-state index < -0.39 is 12.2 Å². The second kappa shape index (κ2) is 33.9. The Labute approximate surface area is 473 Å². The number of nitrogens with zero attached hydrogens (tertiary/aromatic N) is 1. The smallest absolute Gasteiger partial charge is 0.0809 e. The van der Waals surface area contributed by atoms with Gasteiger partial charge >= 0.3 is 0 Å². The molecule has 0 saturated heterocycles. The molecule has 6 aliphatic rings. The predicted molar refractivity (Wildman–Crippen MR) is 331 cm³/mol. The molecule has 6 saturated carbocycles. The average molecular weight is 1060 g/mol. The van der Waals surface area contributed by atoms with Gasteiger partial charge in [-0.25, -0.2) is 0 Å². The van der Waals surface area contributed by atoms with Crippen LogP contribution in [0.15, 0.2) is 70.9 Å². The molecule has 0 unspecified atom stereocenters. The highest BCUT2D eigenvalue weighted by Gasteiger charge is 2.51. The van der Waals surface area contributed by atoms with Crippen LogP contribution in [0, 0.1) is 70.0 Å². The Bertz CT molecular complexity index is 1630. The summed E-state index contributed by atoms with van der Waals surface area (Å²) in [7, 11) is 0. The molecule has 2 N–H and O–H groups in total. The molecule has 0 spiro atoms. The van der Waals surface area contributed by atoms with Crippen LogP contribution in [-0.4, -0.2) is 53.1 Å². The lowest BCUT2D eigenvalue weighted by molar-refractivity contribution is -0.929. The van der Waals surface area contributed by atoms with Crippen molar-refractivity contribution in [1.29, 1.82) is 0 Å². The summed E-state index contributed by atoms with van der Waals surface area (Å²) >= 11 is 0. The maximum absolute atomic E-state index is 10.1. The molecule has 0 amide bonds. The SMILES string of the molecule is C=C1[C@H](C)CC(=C/C=C2\CCC[C@]3(C)[C@@H]([C@@H](C)CCCC(C)C)CC[C@@H]23)C[C@H]1C.C=C1[C@H](O)CC(=C/C=C2\CCC[C@]3(C)[C@@H]([C@@H](C)CCCC(C)C)CC[C@@H]23)C[C@H]1O.CCCC[N+](CCCC)(CCCC)CCCC.[F-]. The van der Waals surface area contributed by atoms with Gasteiger partial charge in [-0.3, -0.25) is 0 Å². The van der Waals surface area contributed by atoms with Gasteiger partial charge in [-0.15, -0.1) is 0 Å². The van der Waals surface area contributed by atoms with E-state index in [4.69, 9.17) is 0 Å². The van der Waals surface area contributed by atoms with E-state index in [2.05, 4.69) is 134 Å². The topological polar surface area (TPSA) is 40.5 Å². The van der Waals surface area contributed by atoms with Crippen LogP contribution >= 0.6 is 0 Å². The number of rotatable bonds is 24. The molecule has 0 radical (unpaired) electrons. The van der Waals surface area contributed by atoms with E-state index in [0.717, 1.165) is 52.9 Å². The minimum atomic E-state index is -0.595. The van der Waals surface area contributed by atoms with Gasteiger partial charge in [0.25, 0.3) is 0 Å². The summed E-state index contributed by atoms with van der Waals surface area (Å²) in [6, 6.07) is 0. The largest absolute Gasteiger partial charge is 1.00 e. The molecular weight excluding hydrogens is 930 g/mol. The lowest BCUT2D eigenvalue weighted by Gasteiger charge is -2.44. The van der Waals surface area contributed by atoms with E-state index in [1.807, 2.05) is 0 Å². The van der Waals surface area contributed by atoms with Crippen LogP contribution in [0.5, 0.6) is 0 Å². The summed E-state index contributed by atoms with van der Waals surface area (Å²) in [5.41, 5.74) is 9.28. The highest BCUT2D eigenvalue weighted by Crippen LogP contribution is 2.61. The van der Waals surface area contributed by atoms with Crippen LogP contribution in [0.3, 0.4) is 0 Å². The molecule has 0 aromatic heterocycles. The molecule has 6 fully saturated rings. The van der Waals surface area contributed by atoms with Crippen molar-refractivity contribution in [2.24, 2.45) is 70.0 Å². The third-order valence-corrected chi connectivity index (χ3v) is 21.5. The molecule has 6 rings (SSSR count). The van der Waals surface area contributed by atoms with Crippen LogP contribution in [0.2, 0.25) is 0 Å². The lowest BCUT2D eigenvalue weighted by Crippen LogP contribution is -3.00. The van der Waals surface area contributed by atoms with Crippen LogP contribution in [0.1, 0.15) is 277 Å². The van der Waals surface area contributed by atoms with Gasteiger partial charge in [0.05, 0.1) is 38.4 Å². The molecule has 0 aliphatic heterocycles. The minimum absolute atomic E-state index is 0. The summed E-state index contributed by atoms with van der Waals surface area (Å²) < 4.78 is 1.42. The molecule has 0 aromatic rings. The van der Waals surface area contributed by atoms with Crippen molar-refractivity contribution in [3.63, 3.8) is 0 Å². The van der Waals surface area contributed by atoms with Crippen molar-refractivity contribution in [3.8, 4) is 0 Å². The first-order chi connectivity index (χ1) is 35.7. The number of aliphatic hydroxyl groups is 2. The standard InChI is InChI=1S/C29H48.C27H44O2.C16H36N.FH/c1-20(2)10-8-11-21(3)27-15-16-28-26(12-9-17-29(27,28)7)14-13-25-18-22(4)24(6)23(5)19-25;1-18(2)8-6-9-19(3)23-13-14-24-22(10-7-15-27(23,24)5)12-11-21-16-25(28)20(4)26(29)17-21;1-5-9-13-17(14-10-6-2,15-11-7-3)16-12-8-4;/h13-14,20-23,27-28H,6,8-12,15-19H2,1-5,7H3;11-12,18-19,23-26,28-29H,4,6-10,13-17H2,1-3,5H3;5-16H2,1-4H3;1H/q;;+1;/p-1/b26-14+;22-12+;;/t21-,22+,23+,27+,28-,29+;19-,23+,24-,25+,26+,27+;;/m00../s1. The molecular formula is C72H128FNO2. The molecule has 6 aliphatic carbocycles. The molecule has 0 bridgehead atoms. The third-order valence-electron chi connectivity index (χ3n) is 21.5. The number of hydrogen-bond donors (Lipinski definition) is 2. The van der Waals surface area contributed by atoms with Crippen LogP contribution < -0.4 is 4.70 Å². The number of halogens is 1. The van der Waals surface area contributed by atoms with E-state index in [-0.39, 0.29) is 4.70 Å². The van der Waals surface area contributed by atoms with Gasteiger partial charge in [0.1, 0.15) is 0 Å². The zero-order valence-electron chi connectivity index (χ0n) is 53.0. The number of fused-ring (bicyclic) bond motifs is 2. The van der Waals surface area contributed by atoms with E-state index in [1.165, 1.54) is 203 Å². The first-order valence-electron chi connectivity index (χ1n) is 33.0. The van der Waals surface area contributed by atoms with Gasteiger partial charge in [0.2, 0.25) is 0 Å². The van der Waals surface area contributed by atoms with Gasteiger partial charge < -0.3 is 19.4 Å². The van der Waals surface area contributed by atoms with Gasteiger partial charge in [0, 0.05) is 0 Å². The first kappa shape index (κ1) is 68.5. The summed E-state index contributed by atoms with van der Waals surface area (Å²) in [6.07, 6.45) is 45.4. The van der Waals surface area contributed by atoms with Crippen molar-refractivity contribution < 1.29 is 19.4 Å². The van der Waals surface area contributed by atoms with Crippen molar-refractivity contribution in [1.82, 2.24) is 0 Å². The Kier molecular flexibility index (Phi) is 30.5. The van der Waals surface area contributed by atoms with Gasteiger partial charge in [-0.2, -0.15) is 0 Å².